The van der Waals surface area contributed by atoms with Crippen molar-refractivity contribution in [3.05, 3.63) is 60.1 Å². The summed E-state index contributed by atoms with van der Waals surface area (Å²) in [5.74, 6) is 1.02. The number of furan rings is 1. The lowest BCUT2D eigenvalue weighted by atomic mass is 10.0. The van der Waals surface area contributed by atoms with E-state index in [1.165, 1.54) is 5.56 Å². The van der Waals surface area contributed by atoms with E-state index in [0.29, 0.717) is 0 Å². The molecule has 1 heterocycles. The van der Waals surface area contributed by atoms with Crippen LogP contribution in [0.4, 0.5) is 0 Å². The van der Waals surface area contributed by atoms with E-state index in [1.54, 1.807) is 6.26 Å². The highest BCUT2D eigenvalue weighted by Crippen LogP contribution is 2.18. The molecule has 0 radical (unpaired) electrons. The van der Waals surface area contributed by atoms with Gasteiger partial charge in [-0.25, -0.2) is 0 Å². The molecule has 0 aliphatic carbocycles. The minimum Gasteiger partial charge on any atom is -0.468 e. The number of nitrogens with one attached hydrogen (secondary N) is 1. The van der Waals surface area contributed by atoms with Crippen molar-refractivity contribution in [1.29, 1.82) is 0 Å². The summed E-state index contributed by atoms with van der Waals surface area (Å²) in [5.41, 5.74) is 1.33. The smallest absolute Gasteiger partial charge is 0.121 e. The Kier molecular flexibility index (Phi) is 4.39. The van der Waals surface area contributed by atoms with Crippen LogP contribution in [0.3, 0.4) is 0 Å². The molecular formula is C15H19NO. The van der Waals surface area contributed by atoms with E-state index in [4.69, 9.17) is 4.42 Å². The van der Waals surface area contributed by atoms with E-state index in [2.05, 4.69) is 36.5 Å². The molecule has 2 rings (SSSR count). The lowest BCUT2D eigenvalue weighted by Gasteiger charge is -2.16. The summed E-state index contributed by atoms with van der Waals surface area (Å²) in [4.78, 5) is 0. The Morgan fingerprint density at radius 1 is 1.12 bits per heavy atom. The molecule has 17 heavy (non-hydrogen) atoms. The van der Waals surface area contributed by atoms with Gasteiger partial charge in [0.1, 0.15) is 5.76 Å². The molecule has 90 valence electrons. The quantitative estimate of drug-likeness (QED) is 0.819. The van der Waals surface area contributed by atoms with E-state index in [9.17, 15) is 0 Å². The van der Waals surface area contributed by atoms with Crippen molar-refractivity contribution in [3.8, 4) is 0 Å². The summed E-state index contributed by atoms with van der Waals surface area (Å²) >= 11 is 0. The van der Waals surface area contributed by atoms with Gasteiger partial charge >= 0.3 is 0 Å². The van der Waals surface area contributed by atoms with Crippen LogP contribution in [0.2, 0.25) is 0 Å². The SMILES string of the molecule is CCCN[C@H](Cc1ccccc1)c1ccco1. The van der Waals surface area contributed by atoms with Crippen LogP contribution in [-0.2, 0) is 6.42 Å². The minimum atomic E-state index is 0.271. The van der Waals surface area contributed by atoms with Crippen LogP contribution in [0.1, 0.15) is 30.7 Å². The predicted octanol–water partition coefficient (Wildman–Crippen LogP) is 3.56. The molecule has 0 amide bonds. The van der Waals surface area contributed by atoms with Crippen LogP contribution in [0, 0.1) is 0 Å². The van der Waals surface area contributed by atoms with Gasteiger partial charge in [-0.05, 0) is 37.1 Å². The molecule has 1 aromatic carbocycles. The Bertz CT molecular complexity index is 408. The highest BCUT2D eigenvalue weighted by Gasteiger charge is 2.13. The zero-order valence-corrected chi connectivity index (χ0v) is 10.2. The molecule has 0 aliphatic heterocycles. The lowest BCUT2D eigenvalue weighted by Crippen LogP contribution is -2.23. The molecular weight excluding hydrogens is 210 g/mol. The van der Waals surface area contributed by atoms with E-state index >= 15 is 0 Å². The topological polar surface area (TPSA) is 25.2 Å². The van der Waals surface area contributed by atoms with Gasteiger partial charge in [0.25, 0.3) is 0 Å². The van der Waals surface area contributed by atoms with Gasteiger partial charge in [0, 0.05) is 0 Å². The van der Waals surface area contributed by atoms with Crippen LogP contribution in [0.5, 0.6) is 0 Å². The maximum absolute atomic E-state index is 5.50. The maximum atomic E-state index is 5.50. The number of hydrogen-bond donors (Lipinski definition) is 1. The summed E-state index contributed by atoms with van der Waals surface area (Å²) in [6, 6.07) is 14.8. The molecule has 0 spiro atoms. The first kappa shape index (κ1) is 11.9. The van der Waals surface area contributed by atoms with Gasteiger partial charge in [0.15, 0.2) is 0 Å². The van der Waals surface area contributed by atoms with E-state index < -0.39 is 0 Å². The number of rotatable bonds is 6. The Hall–Kier alpha value is -1.54. The molecule has 0 unspecified atom stereocenters. The Morgan fingerprint density at radius 2 is 1.94 bits per heavy atom. The monoisotopic (exact) mass is 229 g/mol. The molecule has 1 atom stereocenters. The lowest BCUT2D eigenvalue weighted by molar-refractivity contribution is 0.410. The van der Waals surface area contributed by atoms with Crippen LogP contribution < -0.4 is 5.32 Å². The average Bonchev–Trinajstić information content (AvgIpc) is 2.89. The number of hydrogen-bond acceptors (Lipinski definition) is 2. The van der Waals surface area contributed by atoms with Crippen molar-refractivity contribution < 1.29 is 4.42 Å². The Balaban J connectivity index is 2.06. The summed E-state index contributed by atoms with van der Waals surface area (Å²) in [7, 11) is 0. The zero-order chi connectivity index (χ0) is 11.9. The van der Waals surface area contributed by atoms with Gasteiger partial charge in [0.05, 0.1) is 12.3 Å². The molecule has 2 aromatic rings. The number of benzene rings is 1. The molecule has 2 heteroatoms. The van der Waals surface area contributed by atoms with E-state index in [-0.39, 0.29) is 6.04 Å². The van der Waals surface area contributed by atoms with Gasteiger partial charge < -0.3 is 9.73 Å². The summed E-state index contributed by atoms with van der Waals surface area (Å²) < 4.78 is 5.50. The van der Waals surface area contributed by atoms with Crippen molar-refractivity contribution in [2.45, 2.75) is 25.8 Å². The first-order chi connectivity index (χ1) is 8.40. The zero-order valence-electron chi connectivity index (χ0n) is 10.2. The normalized spacial score (nSPS) is 12.5. The second kappa shape index (κ2) is 6.26. The highest BCUT2D eigenvalue weighted by atomic mass is 16.3. The fourth-order valence-electron chi connectivity index (χ4n) is 1.93. The van der Waals surface area contributed by atoms with Gasteiger partial charge in [0.2, 0.25) is 0 Å². The molecule has 0 bridgehead atoms. The first-order valence-electron chi connectivity index (χ1n) is 6.21. The predicted molar refractivity (Wildman–Crippen MR) is 69.9 cm³/mol. The van der Waals surface area contributed by atoms with Gasteiger partial charge in [-0.2, -0.15) is 0 Å². The van der Waals surface area contributed by atoms with Gasteiger partial charge in [-0.1, -0.05) is 37.3 Å². The summed E-state index contributed by atoms with van der Waals surface area (Å²) in [6.45, 7) is 3.19. The molecule has 1 N–H and O–H groups in total. The fraction of sp³-hybridized carbons (Fsp3) is 0.333. The third kappa shape index (κ3) is 3.46. The van der Waals surface area contributed by atoms with Crippen molar-refractivity contribution in [2.75, 3.05) is 6.54 Å². The molecule has 1 aromatic heterocycles. The van der Waals surface area contributed by atoms with E-state index in [1.807, 2.05) is 18.2 Å². The third-order valence-corrected chi connectivity index (χ3v) is 2.81. The van der Waals surface area contributed by atoms with Crippen LogP contribution in [0.15, 0.2) is 53.1 Å². The van der Waals surface area contributed by atoms with Gasteiger partial charge in [-0.15, -0.1) is 0 Å². The average molecular weight is 229 g/mol. The standard InChI is InChI=1S/C15H19NO/c1-2-10-16-14(15-9-6-11-17-15)12-13-7-4-3-5-8-13/h3-9,11,14,16H,2,10,12H2,1H3/t14-/m1/s1. The third-order valence-electron chi connectivity index (χ3n) is 2.81. The van der Waals surface area contributed by atoms with E-state index in [0.717, 1.165) is 25.1 Å². The van der Waals surface area contributed by atoms with Crippen molar-refractivity contribution >= 4 is 0 Å². The fourth-order valence-corrected chi connectivity index (χ4v) is 1.93. The van der Waals surface area contributed by atoms with Crippen molar-refractivity contribution in [2.24, 2.45) is 0 Å². The molecule has 0 aliphatic rings. The second-order valence-corrected chi connectivity index (χ2v) is 4.21. The second-order valence-electron chi connectivity index (χ2n) is 4.21. The maximum Gasteiger partial charge on any atom is 0.121 e. The van der Waals surface area contributed by atoms with Crippen molar-refractivity contribution in [1.82, 2.24) is 5.32 Å². The summed E-state index contributed by atoms with van der Waals surface area (Å²) in [5, 5.41) is 3.53. The largest absolute Gasteiger partial charge is 0.468 e. The Morgan fingerprint density at radius 3 is 2.59 bits per heavy atom. The molecule has 2 nitrogen and oxygen atoms in total. The van der Waals surface area contributed by atoms with Crippen LogP contribution in [-0.4, -0.2) is 6.54 Å². The van der Waals surface area contributed by atoms with Crippen LogP contribution >= 0.6 is 0 Å². The first-order valence-corrected chi connectivity index (χ1v) is 6.21. The molecule has 0 saturated heterocycles. The summed E-state index contributed by atoms with van der Waals surface area (Å²) in [6.07, 6.45) is 3.83. The van der Waals surface area contributed by atoms with Gasteiger partial charge in [-0.3, -0.25) is 0 Å². The Labute approximate surface area is 103 Å². The molecule has 0 saturated carbocycles. The van der Waals surface area contributed by atoms with Crippen LogP contribution in [0.25, 0.3) is 0 Å². The highest BCUT2D eigenvalue weighted by molar-refractivity contribution is 5.18. The van der Waals surface area contributed by atoms with Crippen molar-refractivity contribution in [3.63, 3.8) is 0 Å². The minimum absolute atomic E-state index is 0.271. The molecule has 0 fully saturated rings.